The second-order valence-electron chi connectivity index (χ2n) is 10.9. The molecule has 0 fully saturated rings. The molecule has 0 bridgehead atoms. The molecule has 2 aromatic heterocycles. The molecule has 240 valence electrons. The monoisotopic (exact) mass is 653 g/mol. The van der Waals surface area contributed by atoms with Gasteiger partial charge in [-0.2, -0.15) is 19.6 Å². The molecule has 1 spiro atoms. The van der Waals surface area contributed by atoms with Crippen molar-refractivity contribution in [3.05, 3.63) is 132 Å². The van der Waals surface area contributed by atoms with Crippen LogP contribution in [0, 0.1) is 13.8 Å². The Hall–Kier alpha value is -6.96. The summed E-state index contributed by atoms with van der Waals surface area (Å²) < 4.78 is 27.9. The molecule has 0 N–H and O–H groups in total. The fourth-order valence-corrected chi connectivity index (χ4v) is 5.27. The molecule has 14 heteroatoms. The molecule has 49 heavy (non-hydrogen) atoms. The van der Waals surface area contributed by atoms with E-state index in [2.05, 4.69) is 30.7 Å². The largest absolute Gasteiger partial charge is 1.00 e. The predicted molar refractivity (Wildman–Crippen MR) is 174 cm³/mol. The van der Waals surface area contributed by atoms with Crippen molar-refractivity contribution in [3.63, 3.8) is 0 Å². The Morgan fingerprint density at radius 2 is 0.898 bits per heavy atom. The van der Waals surface area contributed by atoms with Gasteiger partial charge < -0.3 is 18.9 Å². The second kappa shape index (κ2) is 11.7. The molecule has 0 aliphatic carbocycles. The van der Waals surface area contributed by atoms with E-state index < -0.39 is 18.1 Å². The number of aromatic nitrogens is 4. The van der Waals surface area contributed by atoms with Crippen molar-refractivity contribution < 1.29 is 30.0 Å². The average Bonchev–Trinajstić information content (AvgIpc) is 3.60. The highest BCUT2D eigenvalue weighted by molar-refractivity contribution is 5.96. The van der Waals surface area contributed by atoms with Crippen LogP contribution in [0.15, 0.2) is 130 Å². The first-order chi connectivity index (χ1) is 23.9. The topological polar surface area (TPSA) is 156 Å². The number of aryl methyl sites for hydroxylation is 2. The van der Waals surface area contributed by atoms with Gasteiger partial charge in [0.1, 0.15) is 11.4 Å². The van der Waals surface area contributed by atoms with Crippen molar-refractivity contribution in [1.82, 2.24) is 19.6 Å². The molecular weight excluding hydrogens is 628 g/mol. The summed E-state index contributed by atoms with van der Waals surface area (Å²) in [6.07, 6.45) is -2.96. The number of ether oxygens (including phenoxy) is 4. The van der Waals surface area contributed by atoms with E-state index in [0.29, 0.717) is 22.8 Å². The van der Waals surface area contributed by atoms with Crippen LogP contribution in [0.1, 0.15) is 33.5 Å². The van der Waals surface area contributed by atoms with E-state index in [-0.39, 0.29) is 47.1 Å². The van der Waals surface area contributed by atoms with E-state index in [1.54, 1.807) is 74.5 Å². The van der Waals surface area contributed by atoms with Gasteiger partial charge in [0.25, 0.3) is 11.8 Å². The number of nitrogens with zero attached hydrogens (tertiary/aromatic N) is 8. The third-order valence-electron chi connectivity index (χ3n) is 7.62. The molecule has 0 radical (unpaired) electrons. The van der Waals surface area contributed by atoms with Crippen LogP contribution in [0.5, 0.6) is 11.8 Å². The summed E-state index contributed by atoms with van der Waals surface area (Å²) in [7, 11) is 0. The molecule has 14 nitrogen and oxygen atoms in total. The Morgan fingerprint density at radius 3 is 1.33 bits per heavy atom. The zero-order chi connectivity index (χ0) is 33.5. The van der Waals surface area contributed by atoms with Gasteiger partial charge in [0, 0.05) is 0 Å². The Kier molecular flexibility index (Phi) is 7.02. The standard InChI is InChI=1S/C35H24N8O6/c1-21-29-31(42(40-21)23-13-5-3-6-14-23)46-35(48-33(44)25-17-9-11-19-27(25)36-38-29)47-32-30(22(2)41-43(32)24-15-7-4-8-16-24)39-37-28-20-12-10-18-26(28)34(45)49-35/h3-20H,1-2H3/p+1. The molecule has 0 saturated carbocycles. The first-order valence-electron chi connectivity index (χ1n) is 15.1. The molecular formula is C35H25N8O6+. The maximum atomic E-state index is 14.1. The summed E-state index contributed by atoms with van der Waals surface area (Å²) in [5.41, 5.74) is 2.57. The molecule has 0 atom stereocenters. The molecule has 2 aliphatic heterocycles. The van der Waals surface area contributed by atoms with Crippen molar-refractivity contribution in [2.24, 2.45) is 20.5 Å². The Morgan fingerprint density at radius 1 is 0.510 bits per heavy atom. The minimum absolute atomic E-state index is 0. The van der Waals surface area contributed by atoms with Crippen LogP contribution in [-0.2, 0) is 9.47 Å². The molecule has 6 aromatic rings. The van der Waals surface area contributed by atoms with Gasteiger partial charge in [0.15, 0.2) is 11.4 Å². The maximum absolute atomic E-state index is 14.1. The van der Waals surface area contributed by atoms with E-state index in [9.17, 15) is 9.59 Å². The lowest BCUT2D eigenvalue weighted by Crippen LogP contribution is -2.51. The van der Waals surface area contributed by atoms with Gasteiger partial charge in [-0.1, -0.05) is 60.7 Å². The summed E-state index contributed by atoms with van der Waals surface area (Å²) in [5.74, 6) is -2.21. The Labute approximate surface area is 279 Å². The average molecular weight is 654 g/mol. The minimum Gasteiger partial charge on any atom is -0.365 e. The number of esters is 2. The second-order valence-corrected chi connectivity index (χ2v) is 10.9. The molecule has 8 rings (SSSR count). The summed E-state index contributed by atoms with van der Waals surface area (Å²) in [5, 5.41) is 26.9. The van der Waals surface area contributed by atoms with Crippen LogP contribution in [0.25, 0.3) is 11.4 Å². The number of hydrogen-bond acceptors (Lipinski definition) is 12. The molecule has 0 unspecified atom stereocenters. The number of azo groups is 2. The van der Waals surface area contributed by atoms with Crippen LogP contribution >= 0.6 is 0 Å². The van der Waals surface area contributed by atoms with Crippen molar-refractivity contribution in [1.29, 1.82) is 0 Å². The van der Waals surface area contributed by atoms with Crippen molar-refractivity contribution in [3.8, 4) is 23.1 Å². The summed E-state index contributed by atoms with van der Waals surface area (Å²) in [4.78, 5) is 28.2. The van der Waals surface area contributed by atoms with Gasteiger partial charge in [-0.15, -0.1) is 20.5 Å². The first-order valence-corrected chi connectivity index (χ1v) is 15.1. The van der Waals surface area contributed by atoms with Crippen LogP contribution in [-0.4, -0.2) is 37.7 Å². The van der Waals surface area contributed by atoms with Crippen molar-refractivity contribution in [2.75, 3.05) is 0 Å². The number of carbonyl (C=O) groups excluding carboxylic acids is 2. The maximum Gasteiger partial charge on any atom is 1.00 e. The van der Waals surface area contributed by atoms with Gasteiger partial charge in [-0.05, 0) is 62.4 Å². The fourth-order valence-electron chi connectivity index (χ4n) is 5.27. The number of hydrogen-bond donors (Lipinski definition) is 0. The number of benzene rings is 4. The van der Waals surface area contributed by atoms with Crippen LogP contribution in [0.4, 0.5) is 22.7 Å². The SMILES string of the molecule is Cc1nn(-c2ccccc2)c2c1N=Nc1ccccc1C(=O)OC1(OC(=O)c3ccccc3N=Nc3c(C)nn(-c4ccccc4)c3O1)O2.[H+]. The van der Waals surface area contributed by atoms with E-state index in [1.807, 2.05) is 36.4 Å². The number of rotatable bonds is 2. The van der Waals surface area contributed by atoms with Crippen molar-refractivity contribution >= 4 is 34.7 Å². The van der Waals surface area contributed by atoms with Gasteiger partial charge >= 0.3 is 19.5 Å². The number of para-hydroxylation sites is 2. The quantitative estimate of drug-likeness (QED) is 0.170. The third kappa shape index (κ3) is 5.26. The summed E-state index contributed by atoms with van der Waals surface area (Å²) >= 11 is 0. The van der Waals surface area contributed by atoms with Gasteiger partial charge in [-0.3, -0.25) is 0 Å². The zero-order valence-corrected chi connectivity index (χ0v) is 25.9. The van der Waals surface area contributed by atoms with E-state index >= 15 is 0 Å². The van der Waals surface area contributed by atoms with Gasteiger partial charge in [0.05, 0.1) is 33.9 Å². The fraction of sp³-hybridized carbons (Fsp3) is 0.0857. The number of carbonyl (C=O) groups is 2. The Bertz CT molecular complexity index is 2160. The lowest BCUT2D eigenvalue weighted by molar-refractivity contribution is -0.393. The normalized spacial score (nSPS) is 16.6. The summed E-state index contributed by atoms with van der Waals surface area (Å²) in [6.45, 7) is 3.42. The van der Waals surface area contributed by atoms with Crippen LogP contribution < -0.4 is 9.47 Å². The first kappa shape index (κ1) is 29.4. The lowest BCUT2D eigenvalue weighted by atomic mass is 10.2. The van der Waals surface area contributed by atoms with Crippen LogP contribution in [0.2, 0.25) is 0 Å². The van der Waals surface area contributed by atoms with Crippen molar-refractivity contribution in [2.45, 2.75) is 20.0 Å². The molecule has 4 aromatic carbocycles. The van der Waals surface area contributed by atoms with E-state index in [1.165, 1.54) is 21.5 Å². The van der Waals surface area contributed by atoms with Gasteiger partial charge in [-0.25, -0.2) is 9.59 Å². The lowest BCUT2D eigenvalue weighted by Gasteiger charge is -2.31. The molecule has 2 aliphatic rings. The highest BCUT2D eigenvalue weighted by atomic mass is 17.0. The minimum atomic E-state index is -2.96. The molecule has 4 heterocycles. The smallest absolute Gasteiger partial charge is 0.365 e. The molecule has 0 amide bonds. The summed E-state index contributed by atoms with van der Waals surface area (Å²) in [6, 6.07) is 30.8. The van der Waals surface area contributed by atoms with Crippen LogP contribution in [0.3, 0.4) is 0 Å². The van der Waals surface area contributed by atoms with E-state index in [0.717, 1.165) is 0 Å². The highest BCUT2D eigenvalue weighted by Gasteiger charge is 2.52. The van der Waals surface area contributed by atoms with E-state index in [4.69, 9.17) is 18.9 Å². The predicted octanol–water partition coefficient (Wildman–Crippen LogP) is 8.03. The third-order valence-corrected chi connectivity index (χ3v) is 7.62. The zero-order valence-electron chi connectivity index (χ0n) is 26.9. The number of fused-ring (bicyclic) bond motifs is 4. The highest BCUT2D eigenvalue weighted by Crippen LogP contribution is 2.44. The van der Waals surface area contributed by atoms with Gasteiger partial charge in [0.2, 0.25) is 0 Å². The Balaban J connectivity index is 0.00000392. The molecule has 0 saturated heterocycles.